The maximum Gasteiger partial charge on any atom is 0.334 e. The van der Waals surface area contributed by atoms with Gasteiger partial charge in [0.2, 0.25) is 5.91 Å². The highest BCUT2D eigenvalue weighted by Gasteiger charge is 2.59. The first-order chi connectivity index (χ1) is 9.02. The summed E-state index contributed by atoms with van der Waals surface area (Å²) in [6.07, 6.45) is 4.76. The summed E-state index contributed by atoms with van der Waals surface area (Å²) in [5, 5.41) is 9.05. The van der Waals surface area contributed by atoms with Gasteiger partial charge in [-0.15, -0.1) is 0 Å². The van der Waals surface area contributed by atoms with Gasteiger partial charge < -0.3 is 14.7 Å². The van der Waals surface area contributed by atoms with Crippen LogP contribution in [0.1, 0.15) is 39.0 Å². The van der Waals surface area contributed by atoms with Crippen molar-refractivity contribution in [3.05, 3.63) is 0 Å². The van der Waals surface area contributed by atoms with Crippen molar-refractivity contribution in [2.75, 3.05) is 13.1 Å². The van der Waals surface area contributed by atoms with E-state index < -0.39 is 12.1 Å². The van der Waals surface area contributed by atoms with Crippen LogP contribution in [-0.2, 0) is 14.3 Å². The van der Waals surface area contributed by atoms with Gasteiger partial charge in [0.1, 0.15) is 0 Å². The Labute approximate surface area is 112 Å². The number of ether oxygens (including phenoxy) is 1. The third-order valence-electron chi connectivity index (χ3n) is 4.93. The lowest BCUT2D eigenvalue weighted by atomic mass is 10.0. The molecule has 3 rings (SSSR count). The number of hydrogen-bond acceptors (Lipinski definition) is 3. The molecule has 19 heavy (non-hydrogen) atoms. The third-order valence-corrected chi connectivity index (χ3v) is 4.93. The Balaban J connectivity index is 1.65. The van der Waals surface area contributed by atoms with E-state index in [1.165, 1.54) is 25.7 Å². The number of nitrogens with zero attached hydrogens (tertiary/aromatic N) is 1. The molecule has 0 aromatic carbocycles. The van der Waals surface area contributed by atoms with Crippen molar-refractivity contribution in [3.8, 4) is 0 Å². The Kier molecular flexibility index (Phi) is 3.04. The van der Waals surface area contributed by atoms with Crippen molar-refractivity contribution in [2.45, 2.75) is 51.2 Å². The molecule has 3 aliphatic rings. The Hall–Kier alpha value is -1.10. The molecule has 0 aromatic heterocycles. The largest absolute Gasteiger partial charge is 0.479 e. The fourth-order valence-electron chi connectivity index (χ4n) is 3.82. The second kappa shape index (κ2) is 4.47. The number of morpholine rings is 1. The predicted octanol–water partition coefficient (Wildman–Crippen LogP) is 1.27. The van der Waals surface area contributed by atoms with E-state index >= 15 is 0 Å². The number of carbonyl (C=O) groups is 2. The molecule has 0 radical (unpaired) electrons. The highest BCUT2D eigenvalue weighted by atomic mass is 16.5. The van der Waals surface area contributed by atoms with Crippen LogP contribution in [0.3, 0.4) is 0 Å². The second-order valence-electron chi connectivity index (χ2n) is 6.34. The predicted molar refractivity (Wildman–Crippen MR) is 67.6 cm³/mol. The number of hydrogen-bond donors (Lipinski definition) is 1. The van der Waals surface area contributed by atoms with Gasteiger partial charge in [-0.25, -0.2) is 4.79 Å². The zero-order valence-corrected chi connectivity index (χ0v) is 11.3. The fraction of sp³-hybridized carbons (Fsp3) is 0.857. The molecule has 2 aliphatic carbocycles. The van der Waals surface area contributed by atoms with Gasteiger partial charge in [-0.1, -0.05) is 12.8 Å². The van der Waals surface area contributed by atoms with Crippen LogP contribution in [0.2, 0.25) is 0 Å². The topological polar surface area (TPSA) is 66.8 Å². The van der Waals surface area contributed by atoms with E-state index in [1.807, 2.05) is 6.92 Å². The summed E-state index contributed by atoms with van der Waals surface area (Å²) in [5.41, 5.74) is 0.275. The molecule has 1 N–H and O–H groups in total. The molecule has 1 saturated heterocycles. The minimum atomic E-state index is -0.976. The molecule has 1 amide bonds. The van der Waals surface area contributed by atoms with Gasteiger partial charge in [0.25, 0.3) is 0 Å². The van der Waals surface area contributed by atoms with Gasteiger partial charge in [0.15, 0.2) is 6.10 Å². The maximum absolute atomic E-state index is 12.5. The molecular formula is C14H21NO4. The van der Waals surface area contributed by atoms with Crippen LogP contribution >= 0.6 is 0 Å². The number of carboxylic acid groups (broad SMARTS) is 1. The van der Waals surface area contributed by atoms with Crippen LogP contribution in [0, 0.1) is 11.3 Å². The SMILES string of the molecule is C[C@@H]1CN(C(=O)C2CC23CCCC3)CC(C(=O)O)O1. The van der Waals surface area contributed by atoms with Crippen LogP contribution in [0.4, 0.5) is 0 Å². The van der Waals surface area contributed by atoms with E-state index in [0.29, 0.717) is 6.54 Å². The summed E-state index contributed by atoms with van der Waals surface area (Å²) < 4.78 is 5.35. The molecule has 106 valence electrons. The summed E-state index contributed by atoms with van der Waals surface area (Å²) in [6.45, 7) is 2.55. The van der Waals surface area contributed by atoms with Crippen LogP contribution in [0.15, 0.2) is 0 Å². The lowest BCUT2D eigenvalue weighted by Crippen LogP contribution is -2.52. The molecule has 2 unspecified atom stereocenters. The monoisotopic (exact) mass is 267 g/mol. The highest BCUT2D eigenvalue weighted by molar-refractivity contribution is 5.84. The van der Waals surface area contributed by atoms with E-state index in [4.69, 9.17) is 9.84 Å². The number of aliphatic carboxylic acids is 1. The van der Waals surface area contributed by atoms with Gasteiger partial charge in [-0.2, -0.15) is 0 Å². The van der Waals surface area contributed by atoms with Crippen molar-refractivity contribution in [1.29, 1.82) is 0 Å². The molecule has 1 aliphatic heterocycles. The van der Waals surface area contributed by atoms with E-state index in [2.05, 4.69) is 0 Å². The zero-order valence-electron chi connectivity index (χ0n) is 11.3. The molecule has 5 nitrogen and oxygen atoms in total. The molecule has 3 fully saturated rings. The van der Waals surface area contributed by atoms with Gasteiger partial charge >= 0.3 is 5.97 Å². The first kappa shape index (κ1) is 12.9. The van der Waals surface area contributed by atoms with Crippen LogP contribution in [0.25, 0.3) is 0 Å². The fourth-order valence-corrected chi connectivity index (χ4v) is 3.82. The first-order valence-corrected chi connectivity index (χ1v) is 7.19. The number of amides is 1. The first-order valence-electron chi connectivity index (χ1n) is 7.19. The Bertz CT molecular complexity index is 402. The summed E-state index contributed by atoms with van der Waals surface area (Å²) in [7, 11) is 0. The molecule has 0 aromatic rings. The van der Waals surface area contributed by atoms with Crippen molar-refractivity contribution in [3.63, 3.8) is 0 Å². The van der Waals surface area contributed by atoms with E-state index in [0.717, 1.165) is 6.42 Å². The number of rotatable bonds is 2. The molecule has 1 spiro atoms. The summed E-state index contributed by atoms with van der Waals surface area (Å²) in [6, 6.07) is 0. The Morgan fingerprint density at radius 2 is 1.95 bits per heavy atom. The normalized spacial score (nSPS) is 36.5. The molecule has 2 saturated carbocycles. The van der Waals surface area contributed by atoms with Crippen LogP contribution in [-0.4, -0.2) is 47.2 Å². The van der Waals surface area contributed by atoms with Gasteiger partial charge in [-0.05, 0) is 31.6 Å². The molecule has 1 heterocycles. The minimum Gasteiger partial charge on any atom is -0.479 e. The zero-order chi connectivity index (χ0) is 13.6. The molecule has 0 bridgehead atoms. The van der Waals surface area contributed by atoms with Crippen LogP contribution < -0.4 is 0 Å². The second-order valence-corrected chi connectivity index (χ2v) is 6.34. The summed E-state index contributed by atoms with van der Waals surface area (Å²) in [4.78, 5) is 25.3. The van der Waals surface area contributed by atoms with Crippen molar-refractivity contribution < 1.29 is 19.4 Å². The summed E-state index contributed by atoms with van der Waals surface area (Å²) in [5.74, 6) is -0.672. The Morgan fingerprint density at radius 3 is 2.58 bits per heavy atom. The number of carbonyl (C=O) groups excluding carboxylic acids is 1. The number of carboxylic acids is 1. The van der Waals surface area contributed by atoms with Gasteiger partial charge in [0, 0.05) is 12.5 Å². The lowest BCUT2D eigenvalue weighted by Gasteiger charge is -2.35. The van der Waals surface area contributed by atoms with E-state index in [-0.39, 0.29) is 29.9 Å². The average Bonchev–Trinajstić information content (AvgIpc) is 2.85. The van der Waals surface area contributed by atoms with Crippen molar-refractivity contribution >= 4 is 11.9 Å². The molecular weight excluding hydrogens is 246 g/mol. The average molecular weight is 267 g/mol. The van der Waals surface area contributed by atoms with Crippen molar-refractivity contribution in [2.24, 2.45) is 11.3 Å². The van der Waals surface area contributed by atoms with E-state index in [9.17, 15) is 9.59 Å². The highest BCUT2D eigenvalue weighted by Crippen LogP contribution is 2.63. The maximum atomic E-state index is 12.5. The summed E-state index contributed by atoms with van der Waals surface area (Å²) >= 11 is 0. The van der Waals surface area contributed by atoms with Gasteiger partial charge in [-0.3, -0.25) is 4.79 Å². The van der Waals surface area contributed by atoms with Gasteiger partial charge in [0.05, 0.1) is 12.6 Å². The standard InChI is InChI=1S/C14H21NO4/c1-9-7-15(8-11(19-9)13(17)18)12(16)10-6-14(10)4-2-3-5-14/h9-11H,2-8H2,1H3,(H,17,18)/t9-,10?,11?/m1/s1. The van der Waals surface area contributed by atoms with Crippen molar-refractivity contribution in [1.82, 2.24) is 4.90 Å². The lowest BCUT2D eigenvalue weighted by molar-refractivity contribution is -0.167. The smallest absolute Gasteiger partial charge is 0.334 e. The Morgan fingerprint density at radius 1 is 1.26 bits per heavy atom. The van der Waals surface area contributed by atoms with E-state index in [1.54, 1.807) is 4.90 Å². The quantitative estimate of drug-likeness (QED) is 0.818. The minimum absolute atomic E-state index is 0.148. The van der Waals surface area contributed by atoms with Crippen LogP contribution in [0.5, 0.6) is 0 Å². The molecule has 5 heteroatoms. The molecule has 3 atom stereocenters. The third kappa shape index (κ3) is 2.24.